The van der Waals surface area contributed by atoms with Crippen molar-refractivity contribution in [1.29, 1.82) is 5.41 Å². The number of ether oxygens (including phenoxy) is 2. The fourth-order valence-electron chi connectivity index (χ4n) is 4.54. The zero-order chi connectivity index (χ0) is 33.2. The number of benzene rings is 1. The zero-order valence-corrected chi connectivity index (χ0v) is 27.4. The van der Waals surface area contributed by atoms with Gasteiger partial charge in [-0.1, -0.05) is 24.8 Å². The van der Waals surface area contributed by atoms with Crippen LogP contribution in [-0.4, -0.2) is 86.9 Å². The Morgan fingerprint density at radius 3 is 2.70 bits per heavy atom. The van der Waals surface area contributed by atoms with Crippen LogP contribution in [0.15, 0.2) is 106 Å². The molecule has 2 aliphatic rings. The molecule has 250 valence electrons. The number of nitrogens with one attached hydrogen (secondary N) is 5. The molecule has 0 aromatic heterocycles. The lowest BCUT2D eigenvalue weighted by Gasteiger charge is -2.30. The van der Waals surface area contributed by atoms with E-state index in [-0.39, 0.29) is 11.9 Å². The number of rotatable bonds is 20. The Morgan fingerprint density at radius 1 is 1.22 bits per heavy atom. The second-order valence-corrected chi connectivity index (χ2v) is 12.2. The Hall–Kier alpha value is -3.68. The van der Waals surface area contributed by atoms with Gasteiger partial charge in [-0.15, -0.1) is 11.8 Å². The first-order chi connectivity index (χ1) is 22.3. The minimum Gasteiger partial charge on any atom is -0.493 e. The summed E-state index contributed by atoms with van der Waals surface area (Å²) in [6, 6.07) is 9.26. The van der Waals surface area contributed by atoms with Crippen molar-refractivity contribution in [2.75, 3.05) is 51.8 Å². The maximum Gasteiger partial charge on any atom is 0.134 e. The smallest absolute Gasteiger partial charge is 0.134 e. The van der Waals surface area contributed by atoms with Crippen molar-refractivity contribution >= 4 is 29.9 Å². The summed E-state index contributed by atoms with van der Waals surface area (Å²) in [5, 5.41) is 42.2. The monoisotopic (exact) mass is 654 g/mol. The number of allylic oxidation sites excluding steroid dienone is 5. The highest BCUT2D eigenvalue weighted by Gasteiger charge is 2.55. The van der Waals surface area contributed by atoms with E-state index < -0.39 is 23.7 Å². The summed E-state index contributed by atoms with van der Waals surface area (Å²) in [6.07, 6.45) is 12.2. The van der Waals surface area contributed by atoms with Crippen molar-refractivity contribution in [3.63, 3.8) is 0 Å². The highest BCUT2D eigenvalue weighted by Crippen LogP contribution is 2.51. The summed E-state index contributed by atoms with van der Waals surface area (Å²) < 4.78 is 25.0. The van der Waals surface area contributed by atoms with Crippen molar-refractivity contribution in [3.05, 3.63) is 101 Å². The number of anilines is 1. The van der Waals surface area contributed by atoms with E-state index in [9.17, 15) is 14.6 Å². The van der Waals surface area contributed by atoms with E-state index in [1.807, 2.05) is 55.6 Å². The first kappa shape index (κ1) is 36.8. The lowest BCUT2D eigenvalue weighted by Crippen LogP contribution is -2.46. The van der Waals surface area contributed by atoms with Crippen LogP contribution in [0.3, 0.4) is 0 Å². The van der Waals surface area contributed by atoms with Crippen molar-refractivity contribution in [2.24, 2.45) is 10.4 Å². The van der Waals surface area contributed by atoms with Crippen molar-refractivity contribution < 1.29 is 24.1 Å². The van der Waals surface area contributed by atoms with Crippen LogP contribution < -0.4 is 21.3 Å². The van der Waals surface area contributed by atoms with Gasteiger partial charge in [-0.05, 0) is 62.3 Å². The van der Waals surface area contributed by atoms with Crippen LogP contribution in [0.1, 0.15) is 19.8 Å². The summed E-state index contributed by atoms with van der Waals surface area (Å²) >= 11 is 1.57. The van der Waals surface area contributed by atoms with Gasteiger partial charge in [-0.2, -0.15) is 0 Å². The molecule has 1 fully saturated rings. The highest BCUT2D eigenvalue weighted by molar-refractivity contribution is 8.04. The number of para-hydroxylation sites is 1. The molecule has 0 spiro atoms. The number of hydrogen-bond acceptors (Lipinski definition) is 11. The average Bonchev–Trinajstić information content (AvgIpc) is 3.84. The SMILES string of the molecule is C=C(F)/C=C(\C=C/CO/C1=C/C=N\C/C=C(/C(C=N)=C/NCCNCCOC)SC1C)NC(O)C1(C(O)Nc2ccccc2)CC1. The molecular weight excluding hydrogens is 607 g/mol. The number of aliphatic hydroxyl groups excluding tert-OH is 2. The van der Waals surface area contributed by atoms with E-state index >= 15 is 0 Å². The Morgan fingerprint density at radius 2 is 2.00 bits per heavy atom. The number of aliphatic imine (C=N–C) groups is 1. The quantitative estimate of drug-likeness (QED) is 0.0472. The number of methoxy groups -OCH3 is 1. The van der Waals surface area contributed by atoms with Gasteiger partial charge in [0.15, 0.2) is 0 Å². The van der Waals surface area contributed by atoms with E-state index in [0.717, 1.165) is 29.3 Å². The van der Waals surface area contributed by atoms with Crippen molar-refractivity contribution in [2.45, 2.75) is 37.5 Å². The molecule has 0 radical (unpaired) electrons. The summed E-state index contributed by atoms with van der Waals surface area (Å²) in [4.78, 5) is 5.33. The average molecular weight is 655 g/mol. The van der Waals surface area contributed by atoms with Crippen LogP contribution in [0.2, 0.25) is 0 Å². The molecule has 1 aliphatic heterocycles. The van der Waals surface area contributed by atoms with Crippen molar-refractivity contribution in [3.8, 4) is 0 Å². The highest BCUT2D eigenvalue weighted by atomic mass is 32.2. The molecule has 3 atom stereocenters. The predicted octanol–water partition coefficient (Wildman–Crippen LogP) is 4.38. The molecule has 0 bridgehead atoms. The molecule has 1 aromatic carbocycles. The van der Waals surface area contributed by atoms with E-state index in [2.05, 4.69) is 32.8 Å². The van der Waals surface area contributed by atoms with Gasteiger partial charge in [0.2, 0.25) is 0 Å². The molecule has 12 heteroatoms. The van der Waals surface area contributed by atoms with Crippen LogP contribution in [-0.2, 0) is 9.47 Å². The standard InChI is InChI=1S/C34H47FN6O4S/c1-25(35)22-29(41-33(43)34(13-14-34)32(42)40-28-8-5-4-6-9-28)10-7-20-45-30-11-15-37-16-12-31(46-26(30)2)27(23-36)24-39-18-17-38-19-21-44-3/h4-12,15,22-24,26,32-33,36,38-43H,1,13-14,16-21H2,2-3H3/b10-7-,27-24+,29-22+,30-11+,31-12-,36-23?,37-15-. The number of aliphatic hydroxyl groups is 2. The first-order valence-electron chi connectivity index (χ1n) is 15.3. The lowest BCUT2D eigenvalue weighted by atomic mass is 10.0. The minimum absolute atomic E-state index is 0.0860. The minimum atomic E-state index is -1.14. The van der Waals surface area contributed by atoms with E-state index in [1.54, 1.807) is 37.2 Å². The second-order valence-electron chi connectivity index (χ2n) is 10.8. The van der Waals surface area contributed by atoms with Crippen LogP contribution >= 0.6 is 11.8 Å². The molecule has 1 aliphatic carbocycles. The molecule has 0 saturated heterocycles. The van der Waals surface area contributed by atoms with E-state index in [1.165, 1.54) is 12.3 Å². The van der Waals surface area contributed by atoms with Crippen molar-refractivity contribution in [1.82, 2.24) is 16.0 Å². The summed E-state index contributed by atoms with van der Waals surface area (Å²) in [7, 11) is 1.67. The Kier molecular flexibility index (Phi) is 15.8. The maximum absolute atomic E-state index is 13.8. The van der Waals surface area contributed by atoms with Gasteiger partial charge in [0, 0.05) is 67.2 Å². The predicted molar refractivity (Wildman–Crippen MR) is 186 cm³/mol. The van der Waals surface area contributed by atoms with Gasteiger partial charge in [0.25, 0.3) is 0 Å². The second kappa shape index (κ2) is 19.7. The van der Waals surface area contributed by atoms with Crippen LogP contribution in [0.5, 0.6) is 0 Å². The Balaban J connectivity index is 1.56. The molecular formula is C34H47FN6O4S. The molecule has 0 amide bonds. The molecule has 3 rings (SSSR count). The summed E-state index contributed by atoms with van der Waals surface area (Å²) in [5.41, 5.74) is 0.952. The molecule has 3 unspecified atom stereocenters. The third-order valence-corrected chi connectivity index (χ3v) is 8.55. The van der Waals surface area contributed by atoms with E-state index in [0.29, 0.717) is 44.0 Å². The Labute approximate surface area is 275 Å². The number of halogens is 1. The van der Waals surface area contributed by atoms with Gasteiger partial charge >= 0.3 is 0 Å². The van der Waals surface area contributed by atoms with Gasteiger partial charge in [0.1, 0.15) is 30.6 Å². The third-order valence-electron chi connectivity index (χ3n) is 7.31. The van der Waals surface area contributed by atoms with Gasteiger partial charge in [-0.25, -0.2) is 4.39 Å². The fourth-order valence-corrected chi connectivity index (χ4v) is 5.60. The zero-order valence-electron chi connectivity index (χ0n) is 26.5. The third kappa shape index (κ3) is 12.3. The van der Waals surface area contributed by atoms with Gasteiger partial charge < -0.3 is 46.4 Å². The van der Waals surface area contributed by atoms with Crippen LogP contribution in [0.25, 0.3) is 0 Å². The summed E-state index contributed by atoms with van der Waals surface area (Å²) in [5.74, 6) is 0.00537. The summed E-state index contributed by atoms with van der Waals surface area (Å²) in [6.45, 7) is 8.88. The molecule has 1 aromatic rings. The Bertz CT molecular complexity index is 1310. The van der Waals surface area contributed by atoms with Crippen LogP contribution in [0.4, 0.5) is 10.1 Å². The van der Waals surface area contributed by atoms with Gasteiger partial charge in [0.05, 0.1) is 23.8 Å². The number of nitrogens with zero attached hydrogens (tertiary/aromatic N) is 1. The topological polar surface area (TPSA) is 143 Å². The number of hydrogen-bond donors (Lipinski definition) is 7. The fraction of sp³-hybridized carbons (Fsp3) is 0.412. The largest absolute Gasteiger partial charge is 0.493 e. The molecule has 10 nitrogen and oxygen atoms in total. The molecule has 1 saturated carbocycles. The first-order valence-corrected chi connectivity index (χ1v) is 16.2. The molecule has 7 N–H and O–H groups in total. The van der Waals surface area contributed by atoms with Crippen LogP contribution in [0, 0.1) is 10.8 Å². The molecule has 46 heavy (non-hydrogen) atoms. The van der Waals surface area contributed by atoms with E-state index in [4.69, 9.17) is 14.9 Å². The number of thioether (sulfide) groups is 1. The van der Waals surface area contributed by atoms with Gasteiger partial charge in [-0.3, -0.25) is 4.99 Å². The lowest BCUT2D eigenvalue weighted by molar-refractivity contribution is -0.00423. The normalized spacial score (nSPS) is 22.5. The molecule has 1 heterocycles. The maximum atomic E-state index is 13.8.